The topological polar surface area (TPSA) is 0 Å². The first kappa shape index (κ1) is 21.6. The SMILES string of the molecule is C1CCC(P2P(C3CCCCC3)P(C3CCCCC3)P2C2CCCCC2)CC1.[H+]. The maximum atomic E-state index is 1.68. The first-order valence-electron chi connectivity index (χ1n) is 13.1. The summed E-state index contributed by atoms with van der Waals surface area (Å²) in [6.07, 6.45) is 32.5. The van der Waals surface area contributed by atoms with Gasteiger partial charge in [0.1, 0.15) is 0 Å². The van der Waals surface area contributed by atoms with Crippen LogP contribution in [0.25, 0.3) is 0 Å². The van der Waals surface area contributed by atoms with E-state index in [-0.39, 0.29) is 1.43 Å². The molecule has 0 spiro atoms. The summed E-state index contributed by atoms with van der Waals surface area (Å²) in [6.45, 7) is 0. The summed E-state index contributed by atoms with van der Waals surface area (Å²) in [4.78, 5) is 0. The van der Waals surface area contributed by atoms with Gasteiger partial charge in [0.25, 0.3) is 0 Å². The van der Waals surface area contributed by atoms with Crippen molar-refractivity contribution in [3.8, 4) is 0 Å². The maximum Gasteiger partial charge on any atom is 1.00 e. The largest absolute Gasteiger partial charge is 1.00 e. The molecule has 4 heteroatoms. The second kappa shape index (κ2) is 10.6. The van der Waals surface area contributed by atoms with Gasteiger partial charge < -0.3 is 0 Å². The first-order valence-corrected chi connectivity index (χ1v) is 21.6. The van der Waals surface area contributed by atoms with Gasteiger partial charge in [0.15, 0.2) is 0 Å². The molecule has 1 heterocycles. The van der Waals surface area contributed by atoms with E-state index in [1.165, 1.54) is 22.6 Å². The Morgan fingerprint density at radius 2 is 0.464 bits per heavy atom. The van der Waals surface area contributed by atoms with Crippen LogP contribution in [0, 0.1) is 0 Å². The molecule has 160 valence electrons. The predicted molar refractivity (Wildman–Crippen MR) is 136 cm³/mol. The molecular weight excluding hydrogens is 412 g/mol. The van der Waals surface area contributed by atoms with Crippen LogP contribution in [0.3, 0.4) is 0 Å². The summed E-state index contributed by atoms with van der Waals surface area (Å²) in [5, 5.41) is 0. The van der Waals surface area contributed by atoms with E-state index in [2.05, 4.69) is 0 Å². The fourth-order valence-corrected chi connectivity index (χ4v) is 58.1. The lowest BCUT2D eigenvalue weighted by molar-refractivity contribution is 0.504. The smallest absolute Gasteiger partial charge is 0.0533 e. The zero-order chi connectivity index (χ0) is 18.8. The highest BCUT2D eigenvalue weighted by molar-refractivity contribution is 9.09. The minimum Gasteiger partial charge on any atom is -0.0533 e. The van der Waals surface area contributed by atoms with Crippen molar-refractivity contribution in [2.24, 2.45) is 0 Å². The Labute approximate surface area is 181 Å². The van der Waals surface area contributed by atoms with Gasteiger partial charge in [-0.05, 0) is 103 Å². The molecule has 5 aliphatic rings. The third kappa shape index (κ3) is 4.58. The molecule has 5 fully saturated rings. The maximum absolute atomic E-state index is 1.68. The Kier molecular flexibility index (Phi) is 8.13. The van der Waals surface area contributed by atoms with Crippen molar-refractivity contribution in [2.45, 2.75) is 151 Å². The van der Waals surface area contributed by atoms with E-state index >= 15 is 0 Å². The van der Waals surface area contributed by atoms with Gasteiger partial charge in [-0.2, -0.15) is 0 Å². The first-order chi connectivity index (χ1) is 13.9. The van der Waals surface area contributed by atoms with Crippen LogP contribution in [0.15, 0.2) is 0 Å². The Balaban J connectivity index is 0.00000205. The van der Waals surface area contributed by atoms with Crippen LogP contribution in [0.1, 0.15) is 130 Å². The van der Waals surface area contributed by atoms with Crippen LogP contribution in [0.2, 0.25) is 0 Å². The Morgan fingerprint density at radius 1 is 0.286 bits per heavy atom. The third-order valence-electron chi connectivity index (χ3n) is 8.44. The molecule has 0 aromatic carbocycles. The molecule has 0 amide bonds. The van der Waals surface area contributed by atoms with Crippen molar-refractivity contribution in [3.63, 3.8) is 0 Å². The predicted octanol–water partition coefficient (Wildman–Crippen LogP) is 11.0. The van der Waals surface area contributed by atoms with Crippen molar-refractivity contribution < 1.29 is 1.43 Å². The quantitative estimate of drug-likeness (QED) is 0.368. The molecule has 28 heavy (non-hydrogen) atoms. The summed E-state index contributed by atoms with van der Waals surface area (Å²) in [5.41, 5.74) is 5.08. The molecule has 0 unspecified atom stereocenters. The van der Waals surface area contributed by atoms with Crippen LogP contribution >= 0.6 is 29.2 Å². The second-order valence-corrected chi connectivity index (χ2v) is 30.1. The third-order valence-corrected chi connectivity index (χ3v) is 46.6. The van der Waals surface area contributed by atoms with Crippen LogP contribution in [-0.4, -0.2) is 22.6 Å². The molecule has 0 atom stereocenters. The minimum atomic E-state index is 0. The van der Waals surface area contributed by atoms with E-state index < -0.39 is 0 Å². The van der Waals surface area contributed by atoms with Crippen LogP contribution in [0.4, 0.5) is 0 Å². The average molecular weight is 458 g/mol. The molecule has 4 saturated carbocycles. The Hall–Kier alpha value is 1.72. The number of rotatable bonds is 4. The van der Waals surface area contributed by atoms with E-state index in [1.807, 2.05) is 0 Å². The normalized spacial score (nSPS) is 40.3. The molecule has 0 bridgehead atoms. The lowest BCUT2D eigenvalue weighted by Crippen LogP contribution is -2.25. The molecule has 0 aromatic heterocycles. The van der Waals surface area contributed by atoms with E-state index in [0.717, 1.165) is 0 Å². The summed E-state index contributed by atoms with van der Waals surface area (Å²) < 4.78 is 0. The van der Waals surface area contributed by atoms with Gasteiger partial charge in [-0.3, -0.25) is 0 Å². The second-order valence-electron chi connectivity index (χ2n) is 10.4. The van der Waals surface area contributed by atoms with Crippen LogP contribution in [0.5, 0.6) is 0 Å². The van der Waals surface area contributed by atoms with E-state index in [9.17, 15) is 0 Å². The summed E-state index contributed by atoms with van der Waals surface area (Å²) in [6, 6.07) is 0. The van der Waals surface area contributed by atoms with Gasteiger partial charge in [0, 0.05) is 0 Å². The highest BCUT2D eigenvalue weighted by atomic mass is 33.0. The lowest BCUT2D eigenvalue weighted by Gasteiger charge is -2.64. The summed E-state index contributed by atoms with van der Waals surface area (Å²) >= 11 is 0. The molecule has 0 radical (unpaired) electrons. The highest BCUT2D eigenvalue weighted by Gasteiger charge is 2.59. The number of hydrogen-bond acceptors (Lipinski definition) is 0. The van der Waals surface area contributed by atoms with Crippen LogP contribution in [-0.2, 0) is 0 Å². The van der Waals surface area contributed by atoms with Crippen LogP contribution < -0.4 is 0 Å². The Morgan fingerprint density at radius 3 is 0.643 bits per heavy atom. The van der Waals surface area contributed by atoms with E-state index in [1.54, 1.807) is 128 Å². The highest BCUT2D eigenvalue weighted by Crippen LogP contribution is 3.24. The summed E-state index contributed by atoms with van der Waals surface area (Å²) in [7, 11) is 2.02. The molecule has 0 aromatic rings. The molecule has 0 nitrogen and oxygen atoms in total. The number of hydrogen-bond donors (Lipinski definition) is 0. The molecule has 1 saturated heterocycles. The van der Waals surface area contributed by atoms with Crippen molar-refractivity contribution >= 4 is 29.2 Å². The summed E-state index contributed by atoms with van der Waals surface area (Å²) in [5.74, 6) is 0. The minimum absolute atomic E-state index is 0. The molecular formula is C24H45P4+. The van der Waals surface area contributed by atoms with Crippen molar-refractivity contribution in [2.75, 3.05) is 0 Å². The van der Waals surface area contributed by atoms with Gasteiger partial charge in [-0.25, -0.2) is 0 Å². The monoisotopic (exact) mass is 457 g/mol. The van der Waals surface area contributed by atoms with Gasteiger partial charge >= 0.3 is 1.43 Å². The van der Waals surface area contributed by atoms with E-state index in [4.69, 9.17) is 0 Å². The van der Waals surface area contributed by atoms with E-state index in [0.29, 0.717) is 29.2 Å². The van der Waals surface area contributed by atoms with Crippen molar-refractivity contribution in [3.05, 3.63) is 0 Å². The van der Waals surface area contributed by atoms with Gasteiger partial charge in [-0.1, -0.05) is 77.0 Å². The standard InChI is InChI=1S/C24H44P4/c1-5-13-21(14-6-1)25-26(22-15-7-2-8-16-22)28(24-19-11-4-12-20-24)27(25)23-17-9-3-10-18-23/h21-24H,1-20H2/p+1. The van der Waals surface area contributed by atoms with Crippen molar-refractivity contribution in [1.82, 2.24) is 0 Å². The molecule has 1 aliphatic heterocycles. The molecule has 4 aliphatic carbocycles. The average Bonchev–Trinajstić information content (AvgIpc) is 2.76. The molecule has 0 N–H and O–H groups in total. The lowest BCUT2D eigenvalue weighted by atomic mass is 10.0. The van der Waals surface area contributed by atoms with Gasteiger partial charge in [-0.15, -0.1) is 0 Å². The van der Waals surface area contributed by atoms with Gasteiger partial charge in [0.2, 0.25) is 0 Å². The fourth-order valence-electron chi connectivity index (χ4n) is 6.93. The van der Waals surface area contributed by atoms with Crippen molar-refractivity contribution in [1.29, 1.82) is 0 Å². The fraction of sp³-hybridized carbons (Fsp3) is 1.00. The zero-order valence-electron chi connectivity index (χ0n) is 19.2. The van der Waals surface area contributed by atoms with Gasteiger partial charge in [0.05, 0.1) is 0 Å². The zero-order valence-corrected chi connectivity index (χ0v) is 21.8. The molecule has 5 rings (SSSR count). The Bertz CT molecular complexity index is 383.